The molecule has 0 N–H and O–H groups in total. The van der Waals surface area contributed by atoms with Crippen LogP contribution in [0.5, 0.6) is 17.4 Å². The van der Waals surface area contributed by atoms with Crippen molar-refractivity contribution < 1.29 is 14.3 Å². The first-order chi connectivity index (χ1) is 8.72. The molecule has 0 aliphatic rings. The first kappa shape index (κ1) is 12.1. The largest absolute Gasteiger partial charge is 0.493 e. The number of aromatic nitrogens is 1. The average molecular weight is 243 g/mol. The second-order valence-electron chi connectivity index (χ2n) is 3.80. The molecule has 0 aliphatic carbocycles. The molecule has 2 aromatic rings. The Labute approximate surface area is 105 Å². The number of benzene rings is 1. The summed E-state index contributed by atoms with van der Waals surface area (Å²) in [5.41, 5.74) is 1.60. The van der Waals surface area contributed by atoms with Crippen molar-refractivity contribution in [1.29, 1.82) is 0 Å². The van der Waals surface area contributed by atoms with Gasteiger partial charge in [0.15, 0.2) is 17.8 Å². The molecule has 1 aromatic carbocycles. The second kappa shape index (κ2) is 5.31. The van der Waals surface area contributed by atoms with Crippen LogP contribution in [0.1, 0.15) is 15.9 Å². The first-order valence-electron chi connectivity index (χ1n) is 5.46. The van der Waals surface area contributed by atoms with Crippen LogP contribution in [0.2, 0.25) is 0 Å². The van der Waals surface area contributed by atoms with Gasteiger partial charge in [0.1, 0.15) is 0 Å². The van der Waals surface area contributed by atoms with Crippen molar-refractivity contribution in [2.24, 2.45) is 0 Å². The molecule has 0 unspecified atom stereocenters. The summed E-state index contributed by atoms with van der Waals surface area (Å²) in [5, 5.41) is 0. The lowest BCUT2D eigenvalue weighted by atomic mass is 10.2. The minimum atomic E-state index is 0.419. The minimum absolute atomic E-state index is 0.419. The lowest BCUT2D eigenvalue weighted by molar-refractivity contribution is 0.112. The van der Waals surface area contributed by atoms with Crippen LogP contribution in [0.25, 0.3) is 0 Å². The number of aryl methyl sites for hydroxylation is 1. The molecular formula is C14H13NO3. The summed E-state index contributed by atoms with van der Waals surface area (Å²) in [6.45, 7) is 1.98. The topological polar surface area (TPSA) is 48.4 Å². The van der Waals surface area contributed by atoms with Crippen molar-refractivity contribution in [2.75, 3.05) is 7.11 Å². The highest BCUT2D eigenvalue weighted by atomic mass is 16.5. The van der Waals surface area contributed by atoms with Gasteiger partial charge < -0.3 is 9.47 Å². The van der Waals surface area contributed by atoms with Gasteiger partial charge in [-0.15, -0.1) is 0 Å². The number of aldehydes is 1. The monoisotopic (exact) mass is 243 g/mol. The summed E-state index contributed by atoms with van der Waals surface area (Å²) >= 11 is 0. The van der Waals surface area contributed by atoms with E-state index in [4.69, 9.17) is 9.47 Å². The highest BCUT2D eigenvalue weighted by Gasteiger charge is 2.06. The quantitative estimate of drug-likeness (QED) is 0.774. The highest BCUT2D eigenvalue weighted by molar-refractivity contribution is 5.74. The van der Waals surface area contributed by atoms with E-state index < -0.39 is 0 Å². The smallest absolute Gasteiger partial charge is 0.219 e. The Hall–Kier alpha value is -2.36. The molecule has 0 amide bonds. The fraction of sp³-hybridized carbons (Fsp3) is 0.143. The zero-order chi connectivity index (χ0) is 13.0. The molecular weight excluding hydrogens is 230 g/mol. The predicted molar refractivity (Wildman–Crippen MR) is 67.4 cm³/mol. The van der Waals surface area contributed by atoms with Gasteiger partial charge in [0, 0.05) is 17.8 Å². The van der Waals surface area contributed by atoms with Crippen LogP contribution in [-0.4, -0.2) is 18.4 Å². The van der Waals surface area contributed by atoms with E-state index in [1.54, 1.807) is 19.2 Å². The van der Waals surface area contributed by atoms with Gasteiger partial charge in [-0.25, -0.2) is 4.98 Å². The summed E-state index contributed by atoms with van der Waals surface area (Å²) < 4.78 is 10.8. The van der Waals surface area contributed by atoms with Crippen LogP contribution in [0.15, 0.2) is 36.5 Å². The molecule has 0 fully saturated rings. The maximum atomic E-state index is 10.5. The lowest BCUT2D eigenvalue weighted by Gasteiger charge is -2.10. The number of carbonyl (C=O) groups excluding carboxylic acids is 1. The van der Waals surface area contributed by atoms with Crippen LogP contribution < -0.4 is 9.47 Å². The third-order valence-electron chi connectivity index (χ3n) is 2.43. The normalized spacial score (nSPS) is 9.89. The SMILES string of the molecule is COc1cc(C)ccc1Oc1ccc(C=O)cn1. The number of carbonyl (C=O) groups is 1. The van der Waals surface area contributed by atoms with Crippen molar-refractivity contribution >= 4 is 6.29 Å². The standard InChI is InChI=1S/C14H13NO3/c1-10-3-5-12(13(7-10)17-2)18-14-6-4-11(9-16)8-15-14/h3-9H,1-2H3. The zero-order valence-electron chi connectivity index (χ0n) is 10.2. The molecule has 18 heavy (non-hydrogen) atoms. The van der Waals surface area contributed by atoms with E-state index in [2.05, 4.69) is 4.98 Å². The predicted octanol–water partition coefficient (Wildman–Crippen LogP) is 3.00. The third kappa shape index (κ3) is 2.66. The Morgan fingerprint density at radius 2 is 2.00 bits per heavy atom. The minimum Gasteiger partial charge on any atom is -0.493 e. The van der Waals surface area contributed by atoms with E-state index in [9.17, 15) is 4.79 Å². The molecule has 0 spiro atoms. The molecule has 0 saturated carbocycles. The molecule has 0 saturated heterocycles. The third-order valence-corrected chi connectivity index (χ3v) is 2.43. The summed E-state index contributed by atoms with van der Waals surface area (Å²) in [7, 11) is 1.59. The number of pyridine rings is 1. The Bertz CT molecular complexity index is 549. The van der Waals surface area contributed by atoms with Crippen LogP contribution in [-0.2, 0) is 0 Å². The molecule has 0 atom stereocenters. The first-order valence-corrected chi connectivity index (χ1v) is 5.46. The van der Waals surface area contributed by atoms with E-state index in [1.807, 2.05) is 25.1 Å². The van der Waals surface area contributed by atoms with Crippen molar-refractivity contribution in [2.45, 2.75) is 6.92 Å². The molecule has 0 aliphatic heterocycles. The van der Waals surface area contributed by atoms with Gasteiger partial charge in [-0.2, -0.15) is 0 Å². The maximum absolute atomic E-state index is 10.5. The van der Waals surface area contributed by atoms with E-state index >= 15 is 0 Å². The van der Waals surface area contributed by atoms with E-state index in [-0.39, 0.29) is 0 Å². The van der Waals surface area contributed by atoms with Gasteiger partial charge in [-0.05, 0) is 30.7 Å². The van der Waals surface area contributed by atoms with Crippen molar-refractivity contribution in [1.82, 2.24) is 4.98 Å². The van der Waals surface area contributed by atoms with E-state index in [1.165, 1.54) is 6.20 Å². The molecule has 1 aromatic heterocycles. The number of hydrogen-bond donors (Lipinski definition) is 0. The van der Waals surface area contributed by atoms with Gasteiger partial charge in [0.05, 0.1) is 7.11 Å². The molecule has 4 heteroatoms. The van der Waals surface area contributed by atoms with Gasteiger partial charge in [-0.3, -0.25) is 4.79 Å². The van der Waals surface area contributed by atoms with Crippen LogP contribution in [0.3, 0.4) is 0 Å². The Morgan fingerprint density at radius 3 is 2.61 bits per heavy atom. The molecule has 0 radical (unpaired) electrons. The van der Waals surface area contributed by atoms with E-state index in [0.717, 1.165) is 11.8 Å². The number of rotatable bonds is 4. The van der Waals surface area contributed by atoms with Gasteiger partial charge >= 0.3 is 0 Å². The van der Waals surface area contributed by atoms with Crippen LogP contribution >= 0.6 is 0 Å². The van der Waals surface area contributed by atoms with Gasteiger partial charge in [0.25, 0.3) is 0 Å². The molecule has 2 rings (SSSR count). The summed E-state index contributed by atoms with van der Waals surface area (Å²) in [5.74, 6) is 1.66. The van der Waals surface area contributed by atoms with Crippen LogP contribution in [0.4, 0.5) is 0 Å². The second-order valence-corrected chi connectivity index (χ2v) is 3.80. The molecule has 92 valence electrons. The number of nitrogens with zero attached hydrogens (tertiary/aromatic N) is 1. The fourth-order valence-electron chi connectivity index (χ4n) is 1.49. The zero-order valence-corrected chi connectivity index (χ0v) is 10.2. The molecule has 0 bridgehead atoms. The highest BCUT2D eigenvalue weighted by Crippen LogP contribution is 2.31. The van der Waals surface area contributed by atoms with E-state index in [0.29, 0.717) is 22.9 Å². The summed E-state index contributed by atoms with van der Waals surface area (Å²) in [6, 6.07) is 8.93. The van der Waals surface area contributed by atoms with Crippen LogP contribution in [0, 0.1) is 6.92 Å². The fourth-order valence-corrected chi connectivity index (χ4v) is 1.49. The maximum Gasteiger partial charge on any atom is 0.219 e. The Balaban J connectivity index is 2.24. The molecule has 1 heterocycles. The molecule has 4 nitrogen and oxygen atoms in total. The average Bonchev–Trinajstić information content (AvgIpc) is 2.41. The Morgan fingerprint density at radius 1 is 1.17 bits per heavy atom. The van der Waals surface area contributed by atoms with Gasteiger partial charge in [-0.1, -0.05) is 6.07 Å². The summed E-state index contributed by atoms with van der Waals surface area (Å²) in [6.07, 6.45) is 2.20. The summed E-state index contributed by atoms with van der Waals surface area (Å²) in [4.78, 5) is 14.5. The Kier molecular flexibility index (Phi) is 3.57. The van der Waals surface area contributed by atoms with Crippen molar-refractivity contribution in [3.63, 3.8) is 0 Å². The lowest BCUT2D eigenvalue weighted by Crippen LogP contribution is -1.93. The van der Waals surface area contributed by atoms with Gasteiger partial charge in [0.2, 0.25) is 5.88 Å². The number of methoxy groups -OCH3 is 1. The number of hydrogen-bond acceptors (Lipinski definition) is 4. The number of ether oxygens (including phenoxy) is 2. The van der Waals surface area contributed by atoms with Crippen molar-refractivity contribution in [3.8, 4) is 17.4 Å². The van der Waals surface area contributed by atoms with Crippen molar-refractivity contribution in [3.05, 3.63) is 47.7 Å².